The molecule has 0 aliphatic rings. The van der Waals surface area contributed by atoms with Gasteiger partial charge in [-0.2, -0.15) is 5.26 Å². The van der Waals surface area contributed by atoms with Crippen molar-refractivity contribution in [3.63, 3.8) is 0 Å². The molecule has 2 aromatic carbocycles. The Labute approximate surface area is 179 Å². The van der Waals surface area contributed by atoms with Crippen LogP contribution in [-0.2, 0) is 0 Å². The van der Waals surface area contributed by atoms with Gasteiger partial charge in [-0.3, -0.25) is 0 Å². The fourth-order valence-corrected chi connectivity index (χ4v) is 3.91. The van der Waals surface area contributed by atoms with Crippen LogP contribution in [0.1, 0.15) is 10.6 Å². The number of halogens is 1. The molecule has 0 unspecified atom stereocenters. The minimum absolute atomic E-state index is 0.363. The second-order valence-electron chi connectivity index (χ2n) is 6.35. The molecule has 0 atom stereocenters. The molecule has 0 spiro atoms. The summed E-state index contributed by atoms with van der Waals surface area (Å²) in [4.78, 5) is 16.9. The molecule has 2 heterocycles. The van der Waals surface area contributed by atoms with Gasteiger partial charge in [0, 0.05) is 27.1 Å². The number of rotatable bonds is 4. The van der Waals surface area contributed by atoms with E-state index in [4.69, 9.17) is 4.42 Å². The third kappa shape index (κ3) is 4.14. The second kappa shape index (κ2) is 8.03. The number of allylic oxidation sites excluding steroid dienone is 1. The molecule has 0 bridgehead atoms. The zero-order chi connectivity index (χ0) is 20.4. The molecule has 0 saturated carbocycles. The molecule has 0 aliphatic carbocycles. The van der Waals surface area contributed by atoms with Crippen LogP contribution in [-0.4, -0.2) is 4.98 Å². The smallest absolute Gasteiger partial charge is 0.345 e. The first-order valence-corrected chi connectivity index (χ1v) is 10.3. The predicted molar refractivity (Wildman–Crippen MR) is 120 cm³/mol. The molecule has 29 heavy (non-hydrogen) atoms. The summed E-state index contributed by atoms with van der Waals surface area (Å²) < 4.78 is 6.30. The number of hydrogen-bond acceptors (Lipinski definition) is 6. The van der Waals surface area contributed by atoms with E-state index in [2.05, 4.69) is 32.3 Å². The van der Waals surface area contributed by atoms with Gasteiger partial charge in [-0.15, -0.1) is 11.3 Å². The van der Waals surface area contributed by atoms with Crippen molar-refractivity contribution in [2.75, 3.05) is 5.32 Å². The van der Waals surface area contributed by atoms with E-state index in [0.717, 1.165) is 21.1 Å². The number of nitrogens with one attached hydrogen (secondary N) is 1. The van der Waals surface area contributed by atoms with Crippen molar-refractivity contribution in [2.45, 2.75) is 6.92 Å². The molecular formula is C22H14BrN3O2S. The normalized spacial score (nSPS) is 11.4. The molecule has 142 valence electrons. The fraction of sp³-hybridized carbons (Fsp3) is 0.0455. The van der Waals surface area contributed by atoms with E-state index in [9.17, 15) is 10.1 Å². The minimum Gasteiger partial charge on any atom is -0.422 e. The van der Waals surface area contributed by atoms with Crippen LogP contribution in [0.15, 0.2) is 73.8 Å². The Morgan fingerprint density at radius 3 is 2.79 bits per heavy atom. The Hall–Kier alpha value is -3.21. The van der Waals surface area contributed by atoms with Crippen LogP contribution in [0.4, 0.5) is 5.69 Å². The lowest BCUT2D eigenvalue weighted by molar-refractivity contribution is 0.563. The molecule has 5 nitrogen and oxygen atoms in total. The van der Waals surface area contributed by atoms with Gasteiger partial charge in [0.05, 0.1) is 11.3 Å². The molecule has 7 heteroatoms. The van der Waals surface area contributed by atoms with Crippen LogP contribution in [0.2, 0.25) is 0 Å². The highest BCUT2D eigenvalue weighted by Gasteiger charge is 2.14. The van der Waals surface area contributed by atoms with Crippen LogP contribution in [0, 0.1) is 18.3 Å². The van der Waals surface area contributed by atoms with Crippen molar-refractivity contribution in [3.8, 4) is 17.3 Å². The summed E-state index contributed by atoms with van der Waals surface area (Å²) in [5, 5.41) is 15.7. The summed E-state index contributed by atoms with van der Waals surface area (Å²) in [6, 6.07) is 17.2. The number of aryl methyl sites for hydroxylation is 1. The molecule has 0 aliphatic heterocycles. The number of benzene rings is 2. The van der Waals surface area contributed by atoms with Crippen LogP contribution >= 0.6 is 27.3 Å². The van der Waals surface area contributed by atoms with Gasteiger partial charge in [-0.25, -0.2) is 9.78 Å². The molecule has 0 radical (unpaired) electrons. The van der Waals surface area contributed by atoms with Crippen molar-refractivity contribution in [1.29, 1.82) is 5.26 Å². The lowest BCUT2D eigenvalue weighted by atomic mass is 10.1. The fourth-order valence-electron chi connectivity index (χ4n) is 2.74. The first-order valence-electron chi connectivity index (χ1n) is 8.66. The first kappa shape index (κ1) is 19.1. The third-order valence-corrected chi connectivity index (χ3v) is 5.63. The van der Waals surface area contributed by atoms with E-state index in [0.29, 0.717) is 27.4 Å². The largest absolute Gasteiger partial charge is 0.422 e. The molecule has 0 fully saturated rings. The van der Waals surface area contributed by atoms with Crippen LogP contribution in [0.25, 0.3) is 27.8 Å². The molecule has 4 aromatic rings. The standard InChI is InChI=1S/C22H14BrN3O2S/c1-13-2-5-17(6-3-13)25-11-15(10-24)21-26-19(12-29-21)18-9-14-8-16(23)4-7-20(14)28-22(18)27/h2-9,11-12,25H,1H3. The van der Waals surface area contributed by atoms with Crippen molar-refractivity contribution in [2.24, 2.45) is 0 Å². The molecule has 1 N–H and O–H groups in total. The number of fused-ring (bicyclic) bond motifs is 1. The summed E-state index contributed by atoms with van der Waals surface area (Å²) in [7, 11) is 0. The summed E-state index contributed by atoms with van der Waals surface area (Å²) in [5.41, 5.74) is 3.31. The lowest BCUT2D eigenvalue weighted by Gasteiger charge is -2.02. The van der Waals surface area contributed by atoms with Gasteiger partial charge in [0.1, 0.15) is 22.2 Å². The number of nitriles is 1. The SMILES string of the molecule is Cc1ccc(NC=C(C#N)c2nc(-c3cc4cc(Br)ccc4oc3=O)cs2)cc1. The zero-order valence-electron chi connectivity index (χ0n) is 15.3. The van der Waals surface area contributed by atoms with Crippen molar-refractivity contribution in [1.82, 2.24) is 4.98 Å². The summed E-state index contributed by atoms with van der Waals surface area (Å²) >= 11 is 4.72. The zero-order valence-corrected chi connectivity index (χ0v) is 17.7. The molecular weight excluding hydrogens is 450 g/mol. The quantitative estimate of drug-likeness (QED) is 0.298. The predicted octanol–water partition coefficient (Wildman–Crippen LogP) is 5.96. The van der Waals surface area contributed by atoms with Gasteiger partial charge in [0.15, 0.2) is 0 Å². The van der Waals surface area contributed by atoms with Gasteiger partial charge >= 0.3 is 5.63 Å². The van der Waals surface area contributed by atoms with Crippen molar-refractivity contribution in [3.05, 3.63) is 85.6 Å². The van der Waals surface area contributed by atoms with E-state index in [1.54, 1.807) is 23.7 Å². The van der Waals surface area contributed by atoms with Gasteiger partial charge in [-0.05, 0) is 43.3 Å². The Bertz CT molecular complexity index is 1330. The van der Waals surface area contributed by atoms with E-state index < -0.39 is 5.63 Å². The minimum atomic E-state index is -0.461. The van der Waals surface area contributed by atoms with Gasteiger partial charge < -0.3 is 9.73 Å². The Kier molecular flexibility index (Phi) is 5.30. The first-order chi connectivity index (χ1) is 14.0. The molecule has 0 saturated heterocycles. The summed E-state index contributed by atoms with van der Waals surface area (Å²) in [6.45, 7) is 2.01. The summed E-state index contributed by atoms with van der Waals surface area (Å²) in [6.07, 6.45) is 1.62. The number of aromatic nitrogens is 1. The summed E-state index contributed by atoms with van der Waals surface area (Å²) in [5.74, 6) is 0. The topological polar surface area (TPSA) is 78.9 Å². The third-order valence-electron chi connectivity index (χ3n) is 4.26. The highest BCUT2D eigenvalue weighted by atomic mass is 79.9. The maximum absolute atomic E-state index is 12.4. The van der Waals surface area contributed by atoms with Crippen LogP contribution < -0.4 is 10.9 Å². The van der Waals surface area contributed by atoms with Gasteiger partial charge in [-0.1, -0.05) is 33.6 Å². The average molecular weight is 464 g/mol. The Morgan fingerprint density at radius 1 is 1.24 bits per heavy atom. The van der Waals surface area contributed by atoms with E-state index in [1.807, 2.05) is 43.3 Å². The number of nitrogens with zero attached hydrogens (tertiary/aromatic N) is 2. The average Bonchev–Trinajstić information content (AvgIpc) is 3.19. The lowest BCUT2D eigenvalue weighted by Crippen LogP contribution is -2.03. The van der Waals surface area contributed by atoms with Crippen molar-refractivity contribution >= 4 is 49.5 Å². The van der Waals surface area contributed by atoms with Crippen LogP contribution in [0.3, 0.4) is 0 Å². The Morgan fingerprint density at radius 2 is 2.03 bits per heavy atom. The molecule has 4 rings (SSSR count). The highest BCUT2D eigenvalue weighted by molar-refractivity contribution is 9.10. The second-order valence-corrected chi connectivity index (χ2v) is 8.12. The van der Waals surface area contributed by atoms with E-state index in [1.165, 1.54) is 11.3 Å². The van der Waals surface area contributed by atoms with Crippen molar-refractivity contribution < 1.29 is 4.42 Å². The van der Waals surface area contributed by atoms with E-state index >= 15 is 0 Å². The van der Waals surface area contributed by atoms with E-state index in [-0.39, 0.29) is 0 Å². The molecule has 2 aromatic heterocycles. The maximum atomic E-state index is 12.4. The number of thiazole rings is 1. The van der Waals surface area contributed by atoms with Crippen LogP contribution in [0.5, 0.6) is 0 Å². The Balaban J connectivity index is 1.66. The number of hydrogen-bond donors (Lipinski definition) is 1. The van der Waals surface area contributed by atoms with Gasteiger partial charge in [0.2, 0.25) is 0 Å². The molecule has 0 amide bonds. The maximum Gasteiger partial charge on any atom is 0.345 e. The van der Waals surface area contributed by atoms with Gasteiger partial charge in [0.25, 0.3) is 0 Å². The highest BCUT2D eigenvalue weighted by Crippen LogP contribution is 2.27. The number of anilines is 1. The monoisotopic (exact) mass is 463 g/mol.